The van der Waals surface area contributed by atoms with Crippen LogP contribution >= 0.6 is 0 Å². The average Bonchev–Trinajstić information content (AvgIpc) is 1.78. The fourth-order valence-electron chi connectivity index (χ4n) is 1.03. The third kappa shape index (κ3) is 6.81. The Labute approximate surface area is 83.1 Å². The maximum Gasteiger partial charge on any atom is 0.267 e. The topological polar surface area (TPSA) is 104 Å². The van der Waals surface area contributed by atoms with Gasteiger partial charge in [0.15, 0.2) is 0 Å². The van der Waals surface area contributed by atoms with Crippen LogP contribution in [0.2, 0.25) is 0 Å². The molecule has 0 aromatic heterocycles. The summed E-state index contributed by atoms with van der Waals surface area (Å²) in [6, 6.07) is 0. The highest BCUT2D eigenvalue weighted by atomic mass is 32.2. The van der Waals surface area contributed by atoms with Crippen molar-refractivity contribution in [1.29, 1.82) is 0 Å². The highest BCUT2D eigenvalue weighted by molar-refractivity contribution is 7.85. The quantitative estimate of drug-likeness (QED) is 0.529. The van der Waals surface area contributed by atoms with E-state index < -0.39 is 27.3 Å². The second-order valence-electron chi connectivity index (χ2n) is 3.63. The summed E-state index contributed by atoms with van der Waals surface area (Å²) in [4.78, 5) is 11.0. The first-order chi connectivity index (χ1) is 6.16. The number of carbonyl (C=O) groups excluding carboxylic acids is 1. The van der Waals surface area contributed by atoms with E-state index >= 15 is 0 Å². The number of nitrogens with one attached hydrogen (secondary N) is 1. The van der Waals surface area contributed by atoms with Crippen molar-refractivity contribution in [2.24, 2.45) is 0 Å². The molecular weight excluding hydrogens is 210 g/mol. The molecule has 0 spiro atoms. The zero-order valence-corrected chi connectivity index (χ0v) is 8.97. The smallest absolute Gasteiger partial charge is 0.267 e. The third-order valence-corrected chi connectivity index (χ3v) is 2.45. The molecule has 3 N–H and O–H groups in total. The average molecular weight is 225 g/mol. The van der Waals surface area contributed by atoms with Crippen LogP contribution in [0.4, 0.5) is 0 Å². The molecule has 0 aromatic rings. The van der Waals surface area contributed by atoms with Gasteiger partial charge < -0.3 is 10.4 Å². The predicted molar refractivity (Wildman–Crippen MR) is 50.3 cm³/mol. The van der Waals surface area contributed by atoms with Crippen molar-refractivity contribution in [3.8, 4) is 0 Å². The first kappa shape index (κ1) is 13.3. The van der Waals surface area contributed by atoms with Crippen molar-refractivity contribution in [2.75, 3.05) is 12.4 Å². The van der Waals surface area contributed by atoms with E-state index in [0.29, 0.717) is 0 Å². The summed E-state index contributed by atoms with van der Waals surface area (Å²) in [5.41, 5.74) is -1.04. The Morgan fingerprint density at radius 2 is 1.93 bits per heavy atom. The van der Waals surface area contributed by atoms with Gasteiger partial charge in [-0.05, 0) is 13.8 Å². The highest BCUT2D eigenvalue weighted by Crippen LogP contribution is 2.05. The standard InChI is InChI=1S/C7H15NO5S/c1-7(2,5-14(11,12)13)8-6(10)3-4-9/h9H,3-5H2,1-2H3,(H,8,10)(H,11,12,13). The van der Waals surface area contributed by atoms with Gasteiger partial charge in [-0.2, -0.15) is 8.42 Å². The Balaban J connectivity index is 4.27. The van der Waals surface area contributed by atoms with Gasteiger partial charge in [0.2, 0.25) is 5.91 Å². The molecule has 7 heteroatoms. The van der Waals surface area contributed by atoms with Crippen molar-refractivity contribution in [1.82, 2.24) is 5.32 Å². The molecule has 0 aliphatic rings. The SMILES string of the molecule is CC(C)(CS(=O)(=O)O)NC(=O)CCO. The van der Waals surface area contributed by atoms with Gasteiger partial charge in [0, 0.05) is 6.42 Å². The molecule has 0 unspecified atom stereocenters. The van der Waals surface area contributed by atoms with Crippen LogP contribution in [0.5, 0.6) is 0 Å². The molecular formula is C7H15NO5S. The van der Waals surface area contributed by atoms with Crippen molar-refractivity contribution in [3.05, 3.63) is 0 Å². The summed E-state index contributed by atoms with van der Waals surface area (Å²) >= 11 is 0. The number of amides is 1. The number of hydrogen-bond acceptors (Lipinski definition) is 4. The van der Waals surface area contributed by atoms with Crippen LogP contribution in [-0.2, 0) is 14.9 Å². The Morgan fingerprint density at radius 3 is 2.29 bits per heavy atom. The van der Waals surface area contributed by atoms with E-state index in [9.17, 15) is 13.2 Å². The molecule has 6 nitrogen and oxygen atoms in total. The molecule has 0 aliphatic carbocycles. The molecule has 14 heavy (non-hydrogen) atoms. The molecule has 0 atom stereocenters. The zero-order valence-electron chi connectivity index (χ0n) is 8.15. The molecule has 0 aromatic carbocycles. The predicted octanol–water partition coefficient (Wildman–Crippen LogP) is -0.849. The van der Waals surface area contributed by atoms with Gasteiger partial charge in [-0.25, -0.2) is 0 Å². The Kier molecular flexibility index (Phi) is 4.50. The van der Waals surface area contributed by atoms with Crippen molar-refractivity contribution in [2.45, 2.75) is 25.8 Å². The number of aliphatic hydroxyl groups is 1. The molecule has 0 saturated heterocycles. The van der Waals surface area contributed by atoms with Crippen molar-refractivity contribution < 1.29 is 22.9 Å². The van der Waals surface area contributed by atoms with Gasteiger partial charge in [0.25, 0.3) is 10.1 Å². The molecule has 0 heterocycles. The van der Waals surface area contributed by atoms with Crippen LogP contribution in [0.25, 0.3) is 0 Å². The largest absolute Gasteiger partial charge is 0.396 e. The number of aliphatic hydroxyl groups excluding tert-OH is 1. The van der Waals surface area contributed by atoms with Crippen LogP contribution in [0.3, 0.4) is 0 Å². The van der Waals surface area contributed by atoms with E-state index in [2.05, 4.69) is 5.32 Å². The summed E-state index contributed by atoms with van der Waals surface area (Å²) in [5, 5.41) is 10.8. The lowest BCUT2D eigenvalue weighted by Gasteiger charge is -2.24. The van der Waals surface area contributed by atoms with Gasteiger partial charge in [-0.3, -0.25) is 9.35 Å². The maximum absolute atomic E-state index is 11.0. The highest BCUT2D eigenvalue weighted by Gasteiger charge is 2.26. The first-order valence-corrected chi connectivity index (χ1v) is 5.64. The molecule has 0 rings (SSSR count). The van der Waals surface area contributed by atoms with Crippen LogP contribution in [0, 0.1) is 0 Å². The van der Waals surface area contributed by atoms with E-state index in [4.69, 9.17) is 9.66 Å². The minimum absolute atomic E-state index is 0.0884. The molecule has 0 bridgehead atoms. The van der Waals surface area contributed by atoms with Crippen molar-refractivity contribution >= 4 is 16.0 Å². The minimum Gasteiger partial charge on any atom is -0.396 e. The van der Waals surface area contributed by atoms with Gasteiger partial charge in [-0.1, -0.05) is 0 Å². The lowest BCUT2D eigenvalue weighted by Crippen LogP contribution is -2.48. The first-order valence-electron chi connectivity index (χ1n) is 4.03. The molecule has 0 aliphatic heterocycles. The van der Waals surface area contributed by atoms with Crippen molar-refractivity contribution in [3.63, 3.8) is 0 Å². The number of carbonyl (C=O) groups is 1. The van der Waals surface area contributed by atoms with Gasteiger partial charge in [-0.15, -0.1) is 0 Å². The van der Waals surface area contributed by atoms with E-state index in [1.165, 1.54) is 13.8 Å². The van der Waals surface area contributed by atoms with Gasteiger partial charge in [0.1, 0.15) is 0 Å². The van der Waals surface area contributed by atoms with Gasteiger partial charge in [0.05, 0.1) is 17.9 Å². The summed E-state index contributed by atoms with van der Waals surface area (Å²) in [5.74, 6) is -1.02. The maximum atomic E-state index is 11.0. The van der Waals surface area contributed by atoms with E-state index in [0.717, 1.165) is 0 Å². The van der Waals surface area contributed by atoms with E-state index in [-0.39, 0.29) is 13.0 Å². The normalized spacial score (nSPS) is 12.6. The second kappa shape index (κ2) is 4.72. The van der Waals surface area contributed by atoms with Crippen LogP contribution < -0.4 is 5.32 Å². The Bertz CT molecular complexity index is 295. The molecule has 1 amide bonds. The minimum atomic E-state index is -4.12. The van der Waals surface area contributed by atoms with Crippen LogP contribution in [0.15, 0.2) is 0 Å². The number of rotatable bonds is 5. The lowest BCUT2D eigenvalue weighted by molar-refractivity contribution is -0.123. The van der Waals surface area contributed by atoms with Crippen LogP contribution in [-0.4, -0.2) is 41.9 Å². The lowest BCUT2D eigenvalue weighted by atomic mass is 10.1. The fourth-order valence-corrected chi connectivity index (χ4v) is 2.02. The van der Waals surface area contributed by atoms with E-state index in [1.807, 2.05) is 0 Å². The Morgan fingerprint density at radius 1 is 1.43 bits per heavy atom. The van der Waals surface area contributed by atoms with Gasteiger partial charge >= 0.3 is 0 Å². The monoisotopic (exact) mass is 225 g/mol. The molecule has 84 valence electrons. The summed E-state index contributed by atoms with van der Waals surface area (Å²) in [6.07, 6.45) is -0.0884. The summed E-state index contributed by atoms with van der Waals surface area (Å²) in [6.45, 7) is 2.64. The molecule has 0 fully saturated rings. The second-order valence-corrected chi connectivity index (χ2v) is 5.08. The van der Waals surface area contributed by atoms with E-state index in [1.54, 1.807) is 0 Å². The summed E-state index contributed by atoms with van der Waals surface area (Å²) in [7, 11) is -4.12. The summed E-state index contributed by atoms with van der Waals surface area (Å²) < 4.78 is 29.6. The molecule has 0 radical (unpaired) electrons. The third-order valence-electron chi connectivity index (χ3n) is 1.36. The van der Waals surface area contributed by atoms with Crippen LogP contribution in [0.1, 0.15) is 20.3 Å². The Hall–Kier alpha value is -0.660. The zero-order chi connectivity index (χ0) is 11.4. The molecule has 0 saturated carbocycles. The number of hydrogen-bond donors (Lipinski definition) is 3. The fraction of sp³-hybridized carbons (Fsp3) is 0.857.